The maximum absolute atomic E-state index is 4.41. The van der Waals surface area contributed by atoms with Crippen molar-refractivity contribution in [1.82, 2.24) is 20.2 Å². The van der Waals surface area contributed by atoms with Gasteiger partial charge in [-0.2, -0.15) is 4.80 Å². The van der Waals surface area contributed by atoms with Gasteiger partial charge in [0.1, 0.15) is 0 Å². The number of rotatable bonds is 3. The Kier molecular flexibility index (Phi) is 2.79. The standard InChI is InChI=1S/C13H16N4/c1-10(2)13(3,4)17-15-12(14-16-17)11-8-6-5-7-9-11/h5-9H,1H2,2-4H3. The van der Waals surface area contributed by atoms with Gasteiger partial charge in [-0.25, -0.2) is 0 Å². The van der Waals surface area contributed by atoms with Gasteiger partial charge in [0.05, 0.1) is 5.54 Å². The Hall–Kier alpha value is -1.97. The van der Waals surface area contributed by atoms with Crippen molar-refractivity contribution in [3.8, 4) is 11.4 Å². The fraction of sp³-hybridized carbons (Fsp3) is 0.308. The summed E-state index contributed by atoms with van der Waals surface area (Å²) in [7, 11) is 0. The molecule has 1 aromatic heterocycles. The number of aromatic nitrogens is 4. The fourth-order valence-corrected chi connectivity index (χ4v) is 1.32. The van der Waals surface area contributed by atoms with Crippen LogP contribution in [0.2, 0.25) is 0 Å². The molecule has 0 spiro atoms. The fourth-order valence-electron chi connectivity index (χ4n) is 1.32. The molecule has 2 aromatic rings. The summed E-state index contributed by atoms with van der Waals surface area (Å²) in [5.41, 5.74) is 1.64. The molecule has 4 heteroatoms. The molecular formula is C13H16N4. The van der Waals surface area contributed by atoms with Crippen molar-refractivity contribution in [2.45, 2.75) is 26.3 Å². The first kappa shape index (κ1) is 11.5. The van der Waals surface area contributed by atoms with Gasteiger partial charge in [0.2, 0.25) is 5.82 Å². The monoisotopic (exact) mass is 228 g/mol. The van der Waals surface area contributed by atoms with Crippen LogP contribution in [0.3, 0.4) is 0 Å². The van der Waals surface area contributed by atoms with E-state index in [4.69, 9.17) is 0 Å². The molecule has 0 unspecified atom stereocenters. The Morgan fingerprint density at radius 1 is 1.24 bits per heavy atom. The van der Waals surface area contributed by atoms with Crippen molar-refractivity contribution >= 4 is 0 Å². The summed E-state index contributed by atoms with van der Waals surface area (Å²) in [5.74, 6) is 0.639. The van der Waals surface area contributed by atoms with E-state index in [1.54, 1.807) is 4.80 Å². The second-order valence-corrected chi connectivity index (χ2v) is 4.61. The lowest BCUT2D eigenvalue weighted by Gasteiger charge is -2.22. The molecule has 1 heterocycles. The molecule has 4 nitrogen and oxygen atoms in total. The predicted octanol–water partition coefficient (Wildman–Crippen LogP) is 2.65. The molecule has 1 aromatic carbocycles. The third-order valence-electron chi connectivity index (χ3n) is 2.99. The van der Waals surface area contributed by atoms with Crippen LogP contribution in [0.4, 0.5) is 0 Å². The average Bonchev–Trinajstić information content (AvgIpc) is 2.80. The van der Waals surface area contributed by atoms with Gasteiger partial charge >= 0.3 is 0 Å². The zero-order valence-electron chi connectivity index (χ0n) is 10.4. The Labute approximate surface area is 101 Å². The van der Waals surface area contributed by atoms with Crippen LogP contribution in [-0.2, 0) is 5.54 Å². The summed E-state index contributed by atoms with van der Waals surface area (Å²) in [4.78, 5) is 1.61. The van der Waals surface area contributed by atoms with Gasteiger partial charge in [-0.3, -0.25) is 0 Å². The molecule has 0 atom stereocenters. The molecular weight excluding hydrogens is 212 g/mol. The lowest BCUT2D eigenvalue weighted by atomic mass is 9.98. The van der Waals surface area contributed by atoms with Gasteiger partial charge in [0.15, 0.2) is 0 Å². The third kappa shape index (κ3) is 2.11. The van der Waals surface area contributed by atoms with Gasteiger partial charge in [0, 0.05) is 5.56 Å². The van der Waals surface area contributed by atoms with E-state index in [0.29, 0.717) is 5.82 Å². The minimum atomic E-state index is -0.319. The summed E-state index contributed by atoms with van der Waals surface area (Å²) in [6.45, 7) is 9.96. The number of benzene rings is 1. The van der Waals surface area contributed by atoms with Crippen LogP contribution in [0, 0.1) is 0 Å². The normalized spacial score (nSPS) is 11.5. The molecule has 88 valence electrons. The highest BCUT2D eigenvalue weighted by molar-refractivity contribution is 5.53. The number of hydrogen-bond donors (Lipinski definition) is 0. The van der Waals surface area contributed by atoms with Gasteiger partial charge < -0.3 is 0 Å². The lowest BCUT2D eigenvalue weighted by molar-refractivity contribution is 0.330. The predicted molar refractivity (Wildman–Crippen MR) is 67.4 cm³/mol. The van der Waals surface area contributed by atoms with E-state index in [0.717, 1.165) is 11.1 Å². The van der Waals surface area contributed by atoms with E-state index in [-0.39, 0.29) is 5.54 Å². The van der Waals surface area contributed by atoms with Crippen molar-refractivity contribution in [1.29, 1.82) is 0 Å². The first-order valence-corrected chi connectivity index (χ1v) is 5.54. The molecule has 0 aliphatic carbocycles. The first-order chi connectivity index (χ1) is 8.01. The number of tetrazole rings is 1. The zero-order valence-corrected chi connectivity index (χ0v) is 10.4. The Morgan fingerprint density at radius 3 is 2.47 bits per heavy atom. The van der Waals surface area contributed by atoms with E-state index in [1.807, 2.05) is 51.1 Å². The number of hydrogen-bond acceptors (Lipinski definition) is 3. The van der Waals surface area contributed by atoms with Gasteiger partial charge in [-0.1, -0.05) is 42.5 Å². The van der Waals surface area contributed by atoms with Gasteiger partial charge in [0.25, 0.3) is 0 Å². The molecule has 0 radical (unpaired) electrons. The Balaban J connectivity index is 2.38. The molecule has 0 fully saturated rings. The number of nitrogens with zero attached hydrogens (tertiary/aromatic N) is 4. The molecule has 0 aliphatic heterocycles. The largest absolute Gasteiger partial charge is 0.204 e. The molecule has 0 bridgehead atoms. The van der Waals surface area contributed by atoms with E-state index in [1.165, 1.54) is 0 Å². The van der Waals surface area contributed by atoms with Crippen LogP contribution >= 0.6 is 0 Å². The van der Waals surface area contributed by atoms with Gasteiger partial charge in [-0.15, -0.1) is 10.2 Å². The molecule has 0 N–H and O–H groups in total. The average molecular weight is 228 g/mol. The van der Waals surface area contributed by atoms with Crippen LogP contribution in [-0.4, -0.2) is 20.2 Å². The van der Waals surface area contributed by atoms with Crippen molar-refractivity contribution in [3.63, 3.8) is 0 Å². The SMILES string of the molecule is C=C(C)C(C)(C)n1nnc(-c2ccccc2)n1. The van der Waals surface area contributed by atoms with E-state index in [2.05, 4.69) is 22.0 Å². The number of allylic oxidation sites excluding steroid dienone is 1. The van der Waals surface area contributed by atoms with Crippen LogP contribution < -0.4 is 0 Å². The molecule has 0 amide bonds. The maximum Gasteiger partial charge on any atom is 0.204 e. The van der Waals surface area contributed by atoms with Crippen molar-refractivity contribution in [2.75, 3.05) is 0 Å². The topological polar surface area (TPSA) is 43.6 Å². The smallest absolute Gasteiger partial charge is 0.154 e. The zero-order chi connectivity index (χ0) is 12.5. The third-order valence-corrected chi connectivity index (χ3v) is 2.99. The van der Waals surface area contributed by atoms with Crippen LogP contribution in [0.5, 0.6) is 0 Å². The minimum Gasteiger partial charge on any atom is -0.154 e. The second kappa shape index (κ2) is 4.13. The van der Waals surface area contributed by atoms with Gasteiger partial charge in [-0.05, 0) is 26.0 Å². The van der Waals surface area contributed by atoms with Crippen LogP contribution in [0.1, 0.15) is 20.8 Å². The molecule has 17 heavy (non-hydrogen) atoms. The van der Waals surface area contributed by atoms with E-state index >= 15 is 0 Å². The highest BCUT2D eigenvalue weighted by Gasteiger charge is 2.24. The Morgan fingerprint density at radius 2 is 1.88 bits per heavy atom. The van der Waals surface area contributed by atoms with Crippen molar-refractivity contribution in [2.24, 2.45) is 0 Å². The second-order valence-electron chi connectivity index (χ2n) is 4.61. The summed E-state index contributed by atoms with van der Waals surface area (Å²) >= 11 is 0. The van der Waals surface area contributed by atoms with Crippen molar-refractivity contribution < 1.29 is 0 Å². The molecule has 0 aliphatic rings. The molecule has 2 rings (SSSR count). The molecule has 0 saturated heterocycles. The Bertz CT molecular complexity index is 525. The highest BCUT2D eigenvalue weighted by atomic mass is 15.6. The van der Waals surface area contributed by atoms with E-state index < -0.39 is 0 Å². The summed E-state index contributed by atoms with van der Waals surface area (Å²) in [5, 5.41) is 12.6. The first-order valence-electron chi connectivity index (χ1n) is 5.54. The minimum absolute atomic E-state index is 0.319. The van der Waals surface area contributed by atoms with Crippen molar-refractivity contribution in [3.05, 3.63) is 42.5 Å². The van der Waals surface area contributed by atoms with E-state index in [9.17, 15) is 0 Å². The van der Waals surface area contributed by atoms with Crippen LogP contribution in [0.25, 0.3) is 11.4 Å². The highest BCUT2D eigenvalue weighted by Crippen LogP contribution is 2.22. The summed E-state index contributed by atoms with van der Waals surface area (Å²) < 4.78 is 0. The van der Waals surface area contributed by atoms with Crippen LogP contribution in [0.15, 0.2) is 42.5 Å². The quantitative estimate of drug-likeness (QED) is 0.758. The summed E-state index contributed by atoms with van der Waals surface area (Å²) in [6.07, 6.45) is 0. The maximum atomic E-state index is 4.41. The summed E-state index contributed by atoms with van der Waals surface area (Å²) in [6, 6.07) is 9.82. The molecule has 0 saturated carbocycles. The lowest BCUT2D eigenvalue weighted by Crippen LogP contribution is -2.29.